The van der Waals surface area contributed by atoms with Gasteiger partial charge in [0.1, 0.15) is 0 Å². The number of hydrogen-bond acceptors (Lipinski definition) is 5. The lowest BCUT2D eigenvalue weighted by molar-refractivity contribution is -0.122. The van der Waals surface area contributed by atoms with E-state index in [2.05, 4.69) is 15.3 Å². The first-order chi connectivity index (χ1) is 10.4. The van der Waals surface area contributed by atoms with Gasteiger partial charge in [-0.1, -0.05) is 19.1 Å². The zero-order valence-corrected chi connectivity index (χ0v) is 12.6. The number of ether oxygens (including phenoxy) is 1. The van der Waals surface area contributed by atoms with Gasteiger partial charge in [0, 0.05) is 19.3 Å². The molecule has 1 aromatic rings. The third kappa shape index (κ3) is 3.13. The largest absolute Gasteiger partial charge is 0.452 e. The molecular formula is C15H17N3O4. The minimum atomic E-state index is -0.740. The molecule has 1 aliphatic rings. The SMILES string of the molecule is COC(=O)N(C(C)=O)c1ccc(C2=NNC(=O)CC2C)cc1. The highest BCUT2D eigenvalue weighted by Gasteiger charge is 2.23. The molecule has 0 fully saturated rings. The summed E-state index contributed by atoms with van der Waals surface area (Å²) >= 11 is 0. The van der Waals surface area contributed by atoms with Crippen LogP contribution in [0.1, 0.15) is 25.8 Å². The van der Waals surface area contributed by atoms with Crippen molar-refractivity contribution in [3.8, 4) is 0 Å². The Hall–Kier alpha value is -2.70. The molecule has 1 aromatic carbocycles. The summed E-state index contributed by atoms with van der Waals surface area (Å²) in [5, 5.41) is 4.07. The molecule has 2 rings (SSSR count). The summed E-state index contributed by atoms with van der Waals surface area (Å²) in [5.74, 6) is -0.541. The van der Waals surface area contributed by atoms with Crippen molar-refractivity contribution in [2.24, 2.45) is 11.0 Å². The molecular weight excluding hydrogens is 286 g/mol. The number of nitrogens with zero attached hydrogens (tertiary/aromatic N) is 2. The van der Waals surface area contributed by atoms with Crippen LogP contribution < -0.4 is 10.3 Å². The number of anilines is 1. The number of nitrogens with one attached hydrogen (secondary N) is 1. The highest BCUT2D eigenvalue weighted by molar-refractivity contribution is 6.12. The van der Waals surface area contributed by atoms with Crippen LogP contribution in [-0.2, 0) is 14.3 Å². The second-order valence-electron chi connectivity index (χ2n) is 5.01. The van der Waals surface area contributed by atoms with Crippen LogP contribution in [0.3, 0.4) is 0 Å². The molecule has 0 radical (unpaired) electrons. The normalized spacial score (nSPS) is 17.3. The van der Waals surface area contributed by atoms with Crippen LogP contribution in [0.15, 0.2) is 29.4 Å². The third-order valence-corrected chi connectivity index (χ3v) is 3.35. The predicted molar refractivity (Wildman–Crippen MR) is 80.5 cm³/mol. The number of methoxy groups -OCH3 is 1. The van der Waals surface area contributed by atoms with Crippen LogP contribution >= 0.6 is 0 Å². The van der Waals surface area contributed by atoms with Gasteiger partial charge in [-0.3, -0.25) is 9.59 Å². The smallest absolute Gasteiger partial charge is 0.420 e. The van der Waals surface area contributed by atoms with Gasteiger partial charge in [-0.25, -0.2) is 15.1 Å². The molecule has 116 valence electrons. The van der Waals surface area contributed by atoms with E-state index in [0.29, 0.717) is 12.1 Å². The fourth-order valence-corrected chi connectivity index (χ4v) is 2.29. The van der Waals surface area contributed by atoms with Crippen LogP contribution in [-0.4, -0.2) is 30.7 Å². The van der Waals surface area contributed by atoms with Gasteiger partial charge in [-0.15, -0.1) is 0 Å². The van der Waals surface area contributed by atoms with Gasteiger partial charge in [0.15, 0.2) is 0 Å². The van der Waals surface area contributed by atoms with Gasteiger partial charge in [0.05, 0.1) is 18.5 Å². The summed E-state index contributed by atoms with van der Waals surface area (Å²) < 4.78 is 4.60. The van der Waals surface area contributed by atoms with Crippen molar-refractivity contribution in [1.29, 1.82) is 0 Å². The monoisotopic (exact) mass is 303 g/mol. The van der Waals surface area contributed by atoms with Gasteiger partial charge < -0.3 is 4.74 Å². The maximum atomic E-state index is 11.6. The number of carbonyl (C=O) groups is 3. The van der Waals surface area contributed by atoms with Crippen molar-refractivity contribution < 1.29 is 19.1 Å². The van der Waals surface area contributed by atoms with Crippen LogP contribution in [0.5, 0.6) is 0 Å². The Kier molecular flexibility index (Phi) is 4.55. The van der Waals surface area contributed by atoms with E-state index in [-0.39, 0.29) is 11.8 Å². The molecule has 0 saturated carbocycles. The predicted octanol–water partition coefficient (Wildman–Crippen LogP) is 1.67. The van der Waals surface area contributed by atoms with E-state index in [1.807, 2.05) is 6.92 Å². The number of benzene rings is 1. The Morgan fingerprint density at radius 2 is 1.95 bits per heavy atom. The molecule has 1 N–H and O–H groups in total. The van der Waals surface area contributed by atoms with E-state index in [0.717, 1.165) is 16.2 Å². The topological polar surface area (TPSA) is 88.1 Å². The third-order valence-electron chi connectivity index (χ3n) is 3.35. The Bertz CT molecular complexity index is 637. The first-order valence-electron chi connectivity index (χ1n) is 6.79. The summed E-state index contributed by atoms with van der Waals surface area (Å²) in [7, 11) is 1.22. The molecule has 0 aromatic heterocycles. The van der Waals surface area contributed by atoms with E-state index in [4.69, 9.17) is 0 Å². The average Bonchev–Trinajstić information content (AvgIpc) is 2.48. The molecule has 0 saturated heterocycles. The molecule has 0 spiro atoms. The van der Waals surface area contributed by atoms with Crippen molar-refractivity contribution in [2.75, 3.05) is 12.0 Å². The van der Waals surface area contributed by atoms with Crippen molar-refractivity contribution in [3.05, 3.63) is 29.8 Å². The summed E-state index contributed by atoms with van der Waals surface area (Å²) in [6.45, 7) is 3.20. The van der Waals surface area contributed by atoms with E-state index in [9.17, 15) is 14.4 Å². The second-order valence-corrected chi connectivity index (χ2v) is 5.01. The standard InChI is InChI=1S/C15H17N3O4/c1-9-8-13(20)16-17-14(9)11-4-6-12(7-5-11)18(10(2)19)15(21)22-3/h4-7,9H,8H2,1-3H3,(H,16,20). The highest BCUT2D eigenvalue weighted by Crippen LogP contribution is 2.21. The molecule has 7 heteroatoms. The van der Waals surface area contributed by atoms with Gasteiger partial charge >= 0.3 is 6.09 Å². The van der Waals surface area contributed by atoms with E-state index in [1.165, 1.54) is 14.0 Å². The molecule has 0 bridgehead atoms. The van der Waals surface area contributed by atoms with E-state index in [1.54, 1.807) is 24.3 Å². The van der Waals surface area contributed by atoms with Gasteiger partial charge in [-0.05, 0) is 17.7 Å². The maximum Gasteiger partial charge on any atom is 0.420 e. The van der Waals surface area contributed by atoms with Gasteiger partial charge in [0.25, 0.3) is 0 Å². The maximum absolute atomic E-state index is 11.6. The summed E-state index contributed by atoms with van der Waals surface area (Å²) in [6.07, 6.45) is -0.363. The van der Waals surface area contributed by atoms with E-state index >= 15 is 0 Å². The molecule has 0 aliphatic carbocycles. The van der Waals surface area contributed by atoms with Crippen LogP contribution in [0, 0.1) is 5.92 Å². The number of hydrazone groups is 1. The Labute approximate surface area is 127 Å². The summed E-state index contributed by atoms with van der Waals surface area (Å²) in [4.78, 5) is 35.4. The highest BCUT2D eigenvalue weighted by atomic mass is 16.5. The van der Waals surface area contributed by atoms with Gasteiger partial charge in [0.2, 0.25) is 11.8 Å². The Morgan fingerprint density at radius 3 is 2.45 bits per heavy atom. The summed E-state index contributed by atoms with van der Waals surface area (Å²) in [6, 6.07) is 6.78. The minimum absolute atomic E-state index is 0.00381. The molecule has 22 heavy (non-hydrogen) atoms. The van der Waals surface area contributed by atoms with Crippen molar-refractivity contribution in [1.82, 2.24) is 5.43 Å². The quantitative estimate of drug-likeness (QED) is 0.900. The second kappa shape index (κ2) is 6.38. The molecule has 1 atom stereocenters. The molecule has 3 amide bonds. The zero-order chi connectivity index (χ0) is 16.3. The zero-order valence-electron chi connectivity index (χ0n) is 12.6. The van der Waals surface area contributed by atoms with Crippen LogP contribution in [0.25, 0.3) is 0 Å². The first-order valence-corrected chi connectivity index (χ1v) is 6.79. The average molecular weight is 303 g/mol. The van der Waals surface area contributed by atoms with Crippen molar-refractivity contribution in [2.45, 2.75) is 20.3 Å². The van der Waals surface area contributed by atoms with Crippen LogP contribution in [0.4, 0.5) is 10.5 Å². The number of rotatable bonds is 2. The number of carbonyl (C=O) groups excluding carboxylic acids is 3. The lowest BCUT2D eigenvalue weighted by atomic mass is 9.94. The fraction of sp³-hybridized carbons (Fsp3) is 0.333. The first kappa shape index (κ1) is 15.7. The number of hydrogen-bond donors (Lipinski definition) is 1. The van der Waals surface area contributed by atoms with Crippen molar-refractivity contribution >= 4 is 29.3 Å². The molecule has 1 heterocycles. The van der Waals surface area contributed by atoms with Crippen LogP contribution in [0.2, 0.25) is 0 Å². The van der Waals surface area contributed by atoms with Crippen molar-refractivity contribution in [3.63, 3.8) is 0 Å². The molecule has 1 aliphatic heterocycles. The lowest BCUT2D eigenvalue weighted by Gasteiger charge is -2.21. The number of amides is 3. The Balaban J connectivity index is 2.28. The summed E-state index contributed by atoms with van der Waals surface area (Å²) in [5.41, 5.74) is 4.45. The Morgan fingerprint density at radius 1 is 1.32 bits per heavy atom. The van der Waals surface area contributed by atoms with Gasteiger partial charge in [-0.2, -0.15) is 5.10 Å². The van der Waals surface area contributed by atoms with E-state index < -0.39 is 12.0 Å². The lowest BCUT2D eigenvalue weighted by Crippen LogP contribution is -2.35. The minimum Gasteiger partial charge on any atom is -0.452 e. The fourth-order valence-electron chi connectivity index (χ4n) is 2.29. The molecule has 1 unspecified atom stereocenters. The number of imide groups is 1. The molecule has 7 nitrogen and oxygen atoms in total.